The zero-order chi connectivity index (χ0) is 54.7. The molecule has 424 valence electrons. The Morgan fingerprint density at radius 3 is 1.35 bits per heavy atom. The highest BCUT2D eigenvalue weighted by Crippen LogP contribution is 2.26. The van der Waals surface area contributed by atoms with E-state index >= 15 is 0 Å². The molecular formula is C63H100O12. The minimum Gasteiger partial charge on any atom is -0.479 e. The normalized spacial score (nSPS) is 19.0. The van der Waals surface area contributed by atoms with E-state index in [4.69, 9.17) is 23.7 Å². The molecule has 1 fully saturated rings. The second-order valence-corrected chi connectivity index (χ2v) is 19.2. The Kier molecular flexibility index (Phi) is 45.8. The van der Waals surface area contributed by atoms with E-state index in [2.05, 4.69) is 106 Å². The van der Waals surface area contributed by atoms with E-state index in [-0.39, 0.29) is 25.9 Å². The van der Waals surface area contributed by atoms with Gasteiger partial charge < -0.3 is 39.0 Å². The Morgan fingerprint density at radius 2 is 0.880 bits per heavy atom. The SMILES string of the molecule is CC/C=C\C/C=C\C/C=C\C/C=C\C/C=C\CC(=O)OC1C(OCC(COC(=O)CCCCCCCC/C=C\C/C=C\C/C=C\C/C=C\CC)OC(=O)CCCCCCCCCCCCC)OC(C(=O)O)C(O)C1O. The number of unbranched alkanes of at least 4 members (excludes halogenated alkanes) is 16. The monoisotopic (exact) mass is 1050 g/mol. The van der Waals surface area contributed by atoms with Gasteiger partial charge in [0.05, 0.1) is 13.0 Å². The second-order valence-electron chi connectivity index (χ2n) is 19.2. The van der Waals surface area contributed by atoms with Gasteiger partial charge in [-0.1, -0.05) is 220 Å². The number of carbonyl (C=O) groups is 4. The van der Waals surface area contributed by atoms with Crippen molar-refractivity contribution in [2.45, 2.75) is 250 Å². The third-order valence-electron chi connectivity index (χ3n) is 12.4. The average Bonchev–Trinajstić information content (AvgIpc) is 3.39. The average molecular weight is 1050 g/mol. The lowest BCUT2D eigenvalue weighted by molar-refractivity contribution is -0.301. The largest absolute Gasteiger partial charge is 0.479 e. The van der Waals surface area contributed by atoms with Crippen molar-refractivity contribution in [1.29, 1.82) is 0 Å². The predicted molar refractivity (Wildman–Crippen MR) is 303 cm³/mol. The molecule has 0 saturated carbocycles. The number of carboxylic acids is 1. The van der Waals surface area contributed by atoms with E-state index in [0.29, 0.717) is 19.3 Å². The maximum Gasteiger partial charge on any atom is 0.335 e. The third kappa shape index (κ3) is 40.3. The van der Waals surface area contributed by atoms with Crippen molar-refractivity contribution in [2.75, 3.05) is 13.2 Å². The summed E-state index contributed by atoms with van der Waals surface area (Å²) in [7, 11) is 0. The summed E-state index contributed by atoms with van der Waals surface area (Å²) in [6.07, 6.45) is 55.2. The topological polar surface area (TPSA) is 175 Å². The van der Waals surface area contributed by atoms with Crippen LogP contribution in [0.2, 0.25) is 0 Å². The molecule has 12 heteroatoms. The van der Waals surface area contributed by atoms with Crippen molar-refractivity contribution >= 4 is 23.9 Å². The van der Waals surface area contributed by atoms with Gasteiger partial charge in [-0.3, -0.25) is 14.4 Å². The van der Waals surface area contributed by atoms with E-state index in [1.807, 2.05) is 12.2 Å². The first-order valence-electron chi connectivity index (χ1n) is 28.9. The van der Waals surface area contributed by atoms with Crippen LogP contribution in [0.3, 0.4) is 0 Å². The van der Waals surface area contributed by atoms with Crippen LogP contribution in [0.5, 0.6) is 0 Å². The summed E-state index contributed by atoms with van der Waals surface area (Å²) in [5.41, 5.74) is 0. The smallest absolute Gasteiger partial charge is 0.335 e. The Bertz CT molecular complexity index is 1720. The molecule has 75 heavy (non-hydrogen) atoms. The van der Waals surface area contributed by atoms with Crippen LogP contribution in [0.4, 0.5) is 0 Å². The van der Waals surface area contributed by atoms with Crippen LogP contribution in [0.25, 0.3) is 0 Å². The number of ether oxygens (including phenoxy) is 5. The highest BCUT2D eigenvalue weighted by Gasteiger charge is 2.50. The molecular weight excluding hydrogens is 949 g/mol. The number of hydrogen-bond donors (Lipinski definition) is 3. The molecule has 0 aromatic heterocycles. The number of aliphatic hydroxyl groups is 2. The highest BCUT2D eigenvalue weighted by atomic mass is 16.7. The van der Waals surface area contributed by atoms with Gasteiger partial charge in [0.25, 0.3) is 0 Å². The highest BCUT2D eigenvalue weighted by molar-refractivity contribution is 5.74. The lowest BCUT2D eigenvalue weighted by atomic mass is 9.98. The number of rotatable bonds is 47. The van der Waals surface area contributed by atoms with E-state index in [1.165, 1.54) is 44.9 Å². The lowest BCUT2D eigenvalue weighted by Crippen LogP contribution is -2.61. The van der Waals surface area contributed by atoms with Crippen molar-refractivity contribution in [1.82, 2.24) is 0 Å². The van der Waals surface area contributed by atoms with Gasteiger partial charge >= 0.3 is 23.9 Å². The van der Waals surface area contributed by atoms with Gasteiger partial charge in [0.2, 0.25) is 0 Å². The van der Waals surface area contributed by atoms with Crippen molar-refractivity contribution in [3.63, 3.8) is 0 Å². The van der Waals surface area contributed by atoms with Gasteiger partial charge in [-0.15, -0.1) is 0 Å². The molecule has 6 atom stereocenters. The Hall–Kier alpha value is -4.62. The van der Waals surface area contributed by atoms with Crippen LogP contribution in [0.1, 0.15) is 213 Å². The molecule has 1 aliphatic rings. The summed E-state index contributed by atoms with van der Waals surface area (Å²) in [5, 5.41) is 31.4. The molecule has 1 saturated heterocycles. The molecule has 1 heterocycles. The van der Waals surface area contributed by atoms with Crippen molar-refractivity contribution < 1.29 is 58.2 Å². The maximum absolute atomic E-state index is 13.1. The Balaban J connectivity index is 2.73. The fourth-order valence-electron chi connectivity index (χ4n) is 8.02. The zero-order valence-corrected chi connectivity index (χ0v) is 46.5. The molecule has 0 spiro atoms. The van der Waals surface area contributed by atoms with Gasteiger partial charge in [-0.05, 0) is 83.5 Å². The standard InChI is InChI=1S/C63H100O12/c1-4-7-10-13-16-19-22-24-26-27-28-29-31-32-35-37-40-43-46-49-55(64)71-52-54(73-56(65)50-47-44-41-38-34-21-18-15-12-9-6-3)53-72-63-61(59(68)58(67)60(75-63)62(69)70)74-57(66)51-48-45-42-39-36-33-30-25-23-20-17-14-11-8-5-2/h7-8,10-11,16-17,19-20,24-26,28-30,36,39,45,48,54,58-61,63,67-68H,4-6,9,12-15,18,21-23,27,31-35,37-38,40-44,46-47,49-53H2,1-3H3,(H,69,70)/b10-7-,11-8-,19-16-,20-17-,26-24-,29-28-,30-25-,39-36-,48-45-. The van der Waals surface area contributed by atoms with Gasteiger partial charge in [0.1, 0.15) is 18.8 Å². The fraction of sp³-hybridized carbons (Fsp3) is 0.651. The van der Waals surface area contributed by atoms with E-state index in [1.54, 1.807) is 12.2 Å². The van der Waals surface area contributed by atoms with E-state index in [9.17, 15) is 34.5 Å². The van der Waals surface area contributed by atoms with Crippen LogP contribution < -0.4 is 0 Å². The first-order chi connectivity index (χ1) is 36.6. The van der Waals surface area contributed by atoms with Crippen LogP contribution in [-0.2, 0) is 42.9 Å². The predicted octanol–water partition coefficient (Wildman–Crippen LogP) is 14.7. The molecule has 0 radical (unpaired) electrons. The lowest BCUT2D eigenvalue weighted by Gasteiger charge is -2.40. The van der Waals surface area contributed by atoms with Crippen LogP contribution >= 0.6 is 0 Å². The van der Waals surface area contributed by atoms with Crippen LogP contribution in [0.15, 0.2) is 109 Å². The number of aliphatic hydroxyl groups excluding tert-OH is 2. The van der Waals surface area contributed by atoms with Gasteiger partial charge in [0.15, 0.2) is 24.6 Å². The molecule has 0 aromatic rings. The third-order valence-corrected chi connectivity index (χ3v) is 12.4. The minimum absolute atomic E-state index is 0.146. The van der Waals surface area contributed by atoms with Crippen molar-refractivity contribution in [3.05, 3.63) is 109 Å². The second kappa shape index (κ2) is 50.2. The molecule has 0 aromatic carbocycles. The summed E-state index contributed by atoms with van der Waals surface area (Å²) in [5.74, 6) is -3.31. The summed E-state index contributed by atoms with van der Waals surface area (Å²) >= 11 is 0. The molecule has 1 aliphatic heterocycles. The summed E-state index contributed by atoms with van der Waals surface area (Å²) in [6, 6.07) is 0. The summed E-state index contributed by atoms with van der Waals surface area (Å²) < 4.78 is 28.2. The van der Waals surface area contributed by atoms with E-state index in [0.717, 1.165) is 109 Å². The molecule has 12 nitrogen and oxygen atoms in total. The number of carboxylic acid groups (broad SMARTS) is 1. The first kappa shape index (κ1) is 68.4. The van der Waals surface area contributed by atoms with Crippen molar-refractivity contribution in [3.8, 4) is 0 Å². The van der Waals surface area contributed by atoms with Gasteiger partial charge in [-0.25, -0.2) is 4.79 Å². The number of carbonyl (C=O) groups excluding carboxylic acids is 3. The number of aliphatic carboxylic acids is 1. The Morgan fingerprint density at radius 1 is 0.467 bits per heavy atom. The zero-order valence-electron chi connectivity index (χ0n) is 46.5. The molecule has 1 rings (SSSR count). The van der Waals surface area contributed by atoms with Crippen LogP contribution in [0, 0.1) is 0 Å². The molecule has 6 unspecified atom stereocenters. The number of esters is 3. The fourth-order valence-corrected chi connectivity index (χ4v) is 8.02. The number of hydrogen-bond acceptors (Lipinski definition) is 11. The van der Waals surface area contributed by atoms with E-state index < -0.39 is 67.3 Å². The maximum atomic E-state index is 13.1. The van der Waals surface area contributed by atoms with Crippen molar-refractivity contribution in [2.24, 2.45) is 0 Å². The van der Waals surface area contributed by atoms with Gasteiger partial charge in [0, 0.05) is 12.8 Å². The summed E-state index contributed by atoms with van der Waals surface area (Å²) in [6.45, 7) is 5.69. The Labute approximate surface area is 453 Å². The summed E-state index contributed by atoms with van der Waals surface area (Å²) in [4.78, 5) is 51.0. The molecule has 0 aliphatic carbocycles. The molecule has 0 amide bonds. The van der Waals surface area contributed by atoms with Crippen LogP contribution in [-0.4, -0.2) is 89.2 Å². The quantitative estimate of drug-likeness (QED) is 0.0228. The first-order valence-corrected chi connectivity index (χ1v) is 28.9. The minimum atomic E-state index is -1.94. The number of allylic oxidation sites excluding steroid dienone is 17. The van der Waals surface area contributed by atoms with Gasteiger partial charge in [-0.2, -0.15) is 0 Å². The molecule has 3 N–H and O–H groups in total. The molecule has 0 bridgehead atoms.